The van der Waals surface area contributed by atoms with Gasteiger partial charge >= 0.3 is 5.97 Å². The average molecular weight is 272 g/mol. The Labute approximate surface area is 93.3 Å². The molecule has 0 saturated carbocycles. The fourth-order valence-corrected chi connectivity index (χ4v) is 1.36. The number of carboxylic acids is 1. The Balaban J connectivity index is 3.18. The van der Waals surface area contributed by atoms with Crippen LogP contribution < -0.4 is 0 Å². The molecular weight excluding hydrogens is 266 g/mol. The molecule has 5 nitrogen and oxygen atoms in total. The van der Waals surface area contributed by atoms with Gasteiger partial charge in [-0.25, -0.2) is 4.79 Å². The highest BCUT2D eigenvalue weighted by Crippen LogP contribution is 2.23. The van der Waals surface area contributed by atoms with Gasteiger partial charge in [0.15, 0.2) is 0 Å². The molecule has 1 aromatic carbocycles. The third kappa shape index (κ3) is 3.17. The van der Waals surface area contributed by atoms with Gasteiger partial charge in [0.2, 0.25) is 0 Å². The molecule has 0 radical (unpaired) electrons. The van der Waals surface area contributed by atoms with Crippen LogP contribution in [0.25, 0.3) is 6.08 Å². The molecule has 6 heteroatoms. The van der Waals surface area contributed by atoms with Crippen LogP contribution in [0.2, 0.25) is 0 Å². The average Bonchev–Trinajstić information content (AvgIpc) is 2.14. The molecule has 0 amide bonds. The molecule has 0 aliphatic heterocycles. The first kappa shape index (κ1) is 11.4. The SMILES string of the molecule is O=C(O)/C=C/c1cc(Br)ccc1[N+](=O)[O-]. The Morgan fingerprint density at radius 2 is 2.20 bits per heavy atom. The number of benzene rings is 1. The lowest BCUT2D eigenvalue weighted by Crippen LogP contribution is -1.92. The van der Waals surface area contributed by atoms with E-state index in [1.54, 1.807) is 0 Å². The summed E-state index contributed by atoms with van der Waals surface area (Å²) in [4.78, 5) is 20.3. The zero-order valence-electron chi connectivity index (χ0n) is 7.38. The number of nitrogens with zero attached hydrogens (tertiary/aromatic N) is 1. The fourth-order valence-electron chi connectivity index (χ4n) is 0.986. The summed E-state index contributed by atoms with van der Waals surface area (Å²) >= 11 is 3.15. The second-order valence-corrected chi connectivity index (χ2v) is 3.55. The van der Waals surface area contributed by atoms with Gasteiger partial charge in [-0.2, -0.15) is 0 Å². The molecule has 0 bridgehead atoms. The number of rotatable bonds is 3. The van der Waals surface area contributed by atoms with Crippen molar-refractivity contribution < 1.29 is 14.8 Å². The van der Waals surface area contributed by atoms with E-state index in [4.69, 9.17) is 5.11 Å². The zero-order valence-corrected chi connectivity index (χ0v) is 8.97. The maximum absolute atomic E-state index is 10.6. The highest BCUT2D eigenvalue weighted by Gasteiger charge is 2.11. The van der Waals surface area contributed by atoms with Crippen LogP contribution >= 0.6 is 15.9 Å². The van der Waals surface area contributed by atoms with Crippen LogP contribution in [0.15, 0.2) is 28.7 Å². The van der Waals surface area contributed by atoms with E-state index in [0.29, 0.717) is 4.47 Å². The number of carboxylic acid groups (broad SMARTS) is 1. The molecule has 0 fully saturated rings. The summed E-state index contributed by atoms with van der Waals surface area (Å²) in [7, 11) is 0. The smallest absolute Gasteiger partial charge is 0.328 e. The molecule has 0 aliphatic rings. The fraction of sp³-hybridized carbons (Fsp3) is 0. The summed E-state index contributed by atoms with van der Waals surface area (Å²) in [6.45, 7) is 0. The molecule has 1 aromatic rings. The van der Waals surface area contributed by atoms with E-state index in [0.717, 1.165) is 6.08 Å². The number of hydrogen-bond acceptors (Lipinski definition) is 3. The molecule has 0 atom stereocenters. The summed E-state index contributed by atoms with van der Waals surface area (Å²) in [5.41, 5.74) is 0.118. The number of nitro benzene ring substituents is 1. The van der Waals surface area contributed by atoms with E-state index < -0.39 is 10.9 Å². The van der Waals surface area contributed by atoms with Crippen LogP contribution in [-0.4, -0.2) is 16.0 Å². The summed E-state index contributed by atoms with van der Waals surface area (Å²) in [5.74, 6) is -1.15. The van der Waals surface area contributed by atoms with Crippen molar-refractivity contribution in [1.29, 1.82) is 0 Å². The lowest BCUT2D eigenvalue weighted by atomic mass is 10.1. The van der Waals surface area contributed by atoms with Gasteiger partial charge in [0.25, 0.3) is 5.69 Å². The van der Waals surface area contributed by atoms with Crippen molar-refractivity contribution in [3.63, 3.8) is 0 Å². The van der Waals surface area contributed by atoms with Crippen LogP contribution in [0.4, 0.5) is 5.69 Å². The predicted molar refractivity (Wildman–Crippen MR) is 57.5 cm³/mol. The summed E-state index contributed by atoms with van der Waals surface area (Å²) < 4.78 is 0.651. The first-order valence-electron chi connectivity index (χ1n) is 3.85. The molecule has 0 aliphatic carbocycles. The normalized spacial score (nSPS) is 10.5. The molecule has 0 unspecified atom stereocenters. The van der Waals surface area contributed by atoms with Crippen LogP contribution in [0, 0.1) is 10.1 Å². The molecule has 0 heterocycles. The third-order valence-electron chi connectivity index (χ3n) is 1.59. The molecule has 0 spiro atoms. The second-order valence-electron chi connectivity index (χ2n) is 2.63. The summed E-state index contributed by atoms with van der Waals surface area (Å²) in [5, 5.41) is 19.0. The Morgan fingerprint density at radius 1 is 1.53 bits per heavy atom. The van der Waals surface area contributed by atoms with E-state index in [2.05, 4.69) is 15.9 Å². The van der Waals surface area contributed by atoms with Gasteiger partial charge in [-0.15, -0.1) is 0 Å². The minimum atomic E-state index is -1.15. The molecule has 0 aromatic heterocycles. The van der Waals surface area contributed by atoms with Crippen molar-refractivity contribution in [3.8, 4) is 0 Å². The van der Waals surface area contributed by atoms with Gasteiger partial charge in [0.05, 0.1) is 10.5 Å². The van der Waals surface area contributed by atoms with Crippen LogP contribution in [-0.2, 0) is 4.79 Å². The molecule has 1 rings (SSSR count). The molecule has 15 heavy (non-hydrogen) atoms. The van der Waals surface area contributed by atoms with Crippen LogP contribution in [0.3, 0.4) is 0 Å². The van der Waals surface area contributed by atoms with Crippen molar-refractivity contribution in [2.45, 2.75) is 0 Å². The Hall–Kier alpha value is -1.69. The maximum Gasteiger partial charge on any atom is 0.328 e. The first-order chi connectivity index (χ1) is 7.00. The maximum atomic E-state index is 10.6. The zero-order chi connectivity index (χ0) is 11.4. The van der Waals surface area contributed by atoms with E-state index >= 15 is 0 Å². The van der Waals surface area contributed by atoms with Gasteiger partial charge in [-0.05, 0) is 18.2 Å². The van der Waals surface area contributed by atoms with E-state index in [9.17, 15) is 14.9 Å². The van der Waals surface area contributed by atoms with Gasteiger partial charge < -0.3 is 5.11 Å². The number of halogens is 1. The summed E-state index contributed by atoms with van der Waals surface area (Å²) in [6.07, 6.45) is 2.04. The number of carbonyl (C=O) groups is 1. The monoisotopic (exact) mass is 271 g/mol. The lowest BCUT2D eigenvalue weighted by Gasteiger charge is -1.97. The van der Waals surface area contributed by atoms with Gasteiger partial charge in [-0.3, -0.25) is 10.1 Å². The number of aliphatic carboxylic acids is 1. The highest BCUT2D eigenvalue weighted by molar-refractivity contribution is 9.10. The first-order valence-corrected chi connectivity index (χ1v) is 4.65. The van der Waals surface area contributed by atoms with Crippen molar-refractivity contribution in [3.05, 3.63) is 44.4 Å². The minimum Gasteiger partial charge on any atom is -0.478 e. The Morgan fingerprint density at radius 3 is 2.73 bits per heavy atom. The van der Waals surface area contributed by atoms with E-state index in [1.807, 2.05) is 0 Å². The van der Waals surface area contributed by atoms with Crippen molar-refractivity contribution >= 4 is 33.7 Å². The number of hydrogen-bond donors (Lipinski definition) is 1. The second kappa shape index (κ2) is 4.70. The largest absolute Gasteiger partial charge is 0.478 e. The predicted octanol–water partition coefficient (Wildman–Crippen LogP) is 2.46. The molecular formula is C9H6BrNO4. The van der Waals surface area contributed by atoms with Gasteiger partial charge in [0, 0.05) is 16.6 Å². The standard InChI is InChI=1S/C9H6BrNO4/c10-7-2-3-8(11(14)15)6(5-7)1-4-9(12)13/h1-5H,(H,12,13)/b4-1+. The van der Waals surface area contributed by atoms with Crippen LogP contribution in [0.5, 0.6) is 0 Å². The highest BCUT2D eigenvalue weighted by atomic mass is 79.9. The lowest BCUT2D eigenvalue weighted by molar-refractivity contribution is -0.385. The summed E-state index contributed by atoms with van der Waals surface area (Å²) in [6, 6.07) is 4.32. The number of nitro groups is 1. The topological polar surface area (TPSA) is 80.4 Å². The molecule has 1 N–H and O–H groups in total. The Kier molecular flexibility index (Phi) is 3.56. The van der Waals surface area contributed by atoms with E-state index in [-0.39, 0.29) is 11.3 Å². The Bertz CT molecular complexity index is 442. The van der Waals surface area contributed by atoms with E-state index in [1.165, 1.54) is 24.3 Å². The van der Waals surface area contributed by atoms with Gasteiger partial charge in [0.1, 0.15) is 0 Å². The minimum absolute atomic E-state index is 0.129. The quantitative estimate of drug-likeness (QED) is 0.520. The van der Waals surface area contributed by atoms with Crippen LogP contribution in [0.1, 0.15) is 5.56 Å². The van der Waals surface area contributed by atoms with Crippen molar-refractivity contribution in [2.24, 2.45) is 0 Å². The molecule has 78 valence electrons. The molecule has 0 saturated heterocycles. The van der Waals surface area contributed by atoms with Gasteiger partial charge in [-0.1, -0.05) is 15.9 Å². The van der Waals surface area contributed by atoms with Crippen molar-refractivity contribution in [2.75, 3.05) is 0 Å². The third-order valence-corrected chi connectivity index (χ3v) is 2.08. The van der Waals surface area contributed by atoms with Crippen molar-refractivity contribution in [1.82, 2.24) is 0 Å².